The molecule has 0 unspecified atom stereocenters. The van der Waals surface area contributed by atoms with Crippen LogP contribution in [0, 0.1) is 17.5 Å². The lowest BCUT2D eigenvalue weighted by Crippen LogP contribution is -2.30. The minimum absolute atomic E-state index is 0.00292. The first-order valence-corrected chi connectivity index (χ1v) is 20.7. The molecule has 0 bridgehead atoms. The standard InChI is InChI=1S/C21H21FN6O4.C13H9F2NO4.C9H14N4/c1-10-9-32-19-16-13(18(29)14(20(30)31)8-28(10)16)4-15(22)17(19)27-3-2-12(7-27)26-21-24-5-11(23)6-25-21;1-5-4-20-12-9(15)8(14)2-6-10(12)16(5)3-7(11(6)17)13(18)19;10-7-5-11-9(12-6-7)13-8-3-1-2-4-8/h4-6,8,10,12H,2-3,7,9,23H2,1H3,(H,30,31)(H,24,25,26);2-3,5H,4H2,1H3,(H,18,19);5-6,8H,1-4,10H2,(H,11,12,13)/t10-,12+;5-;/m00./s1. The summed E-state index contributed by atoms with van der Waals surface area (Å²) in [5, 5.41) is 24.7. The van der Waals surface area contributed by atoms with Gasteiger partial charge in [-0.15, -0.1) is 0 Å². The quantitative estimate of drug-likeness (QED) is 0.120. The number of carboxylic acid groups (broad SMARTS) is 2. The van der Waals surface area contributed by atoms with Gasteiger partial charge < -0.3 is 55.8 Å². The van der Waals surface area contributed by atoms with Crippen LogP contribution in [0.15, 0.2) is 58.9 Å². The van der Waals surface area contributed by atoms with Crippen molar-refractivity contribution < 1.29 is 42.4 Å². The number of carboxylic acids is 2. The number of nitrogen functional groups attached to an aromatic ring is 2. The number of hydrogen-bond acceptors (Lipinski definition) is 15. The molecule has 8 N–H and O–H groups in total. The van der Waals surface area contributed by atoms with E-state index in [1.54, 1.807) is 23.9 Å². The Morgan fingerprint density at radius 1 is 0.708 bits per heavy atom. The normalized spacial score (nSPS) is 18.5. The van der Waals surface area contributed by atoms with Gasteiger partial charge in [0.15, 0.2) is 23.1 Å². The topological polar surface area (TPSA) is 268 Å². The summed E-state index contributed by atoms with van der Waals surface area (Å²) < 4.78 is 56.7. The van der Waals surface area contributed by atoms with Crippen molar-refractivity contribution in [2.75, 3.05) is 53.3 Å². The number of nitrogens with one attached hydrogen (secondary N) is 2. The summed E-state index contributed by atoms with van der Waals surface area (Å²) in [7, 11) is 0. The Kier molecular flexibility index (Phi) is 12.1. The summed E-state index contributed by atoms with van der Waals surface area (Å²) in [5.41, 5.74) is 10.5. The van der Waals surface area contributed by atoms with Gasteiger partial charge in [0.25, 0.3) is 0 Å². The molecule has 3 atom stereocenters. The van der Waals surface area contributed by atoms with Crippen LogP contribution in [0.25, 0.3) is 21.8 Å². The van der Waals surface area contributed by atoms with Gasteiger partial charge in [-0.2, -0.15) is 4.39 Å². The van der Waals surface area contributed by atoms with Gasteiger partial charge in [-0.1, -0.05) is 12.8 Å². The number of anilines is 5. The highest BCUT2D eigenvalue weighted by Crippen LogP contribution is 2.43. The van der Waals surface area contributed by atoms with Gasteiger partial charge >= 0.3 is 11.9 Å². The van der Waals surface area contributed by atoms with Crippen LogP contribution < -0.4 is 47.3 Å². The zero-order valence-corrected chi connectivity index (χ0v) is 35.1. The van der Waals surface area contributed by atoms with Crippen molar-refractivity contribution in [1.29, 1.82) is 0 Å². The van der Waals surface area contributed by atoms with Gasteiger partial charge in [-0.05, 0) is 45.2 Å². The fourth-order valence-corrected chi connectivity index (χ4v) is 8.35. The predicted molar refractivity (Wildman–Crippen MR) is 234 cm³/mol. The van der Waals surface area contributed by atoms with E-state index < -0.39 is 51.4 Å². The lowest BCUT2D eigenvalue weighted by Gasteiger charge is -2.31. The highest BCUT2D eigenvalue weighted by Gasteiger charge is 2.34. The SMILES string of the molecule is C[C@H]1COc2c(F)c(F)cc3c(=O)c(C(=O)O)cn1c23.C[C@H]1COc2c(N3CC[C@@H](Nc4ncc(N)cn4)C3)c(F)cc3c(=O)c(C(=O)O)cn1c23.Nc1cnc(NC2CCCC2)nc1. The molecule has 3 aliphatic heterocycles. The summed E-state index contributed by atoms with van der Waals surface area (Å²) in [5.74, 6) is -4.77. The lowest BCUT2D eigenvalue weighted by molar-refractivity contribution is 0.0683. The van der Waals surface area contributed by atoms with Crippen molar-refractivity contribution in [1.82, 2.24) is 29.1 Å². The molecule has 4 aromatic heterocycles. The van der Waals surface area contributed by atoms with Crippen molar-refractivity contribution in [3.8, 4) is 11.5 Å². The smallest absolute Gasteiger partial charge is 0.341 e. The summed E-state index contributed by atoms with van der Waals surface area (Å²) in [4.78, 5) is 65.7. The van der Waals surface area contributed by atoms with E-state index in [4.69, 9.17) is 26.0 Å². The van der Waals surface area contributed by atoms with Gasteiger partial charge in [-0.25, -0.2) is 38.3 Å². The number of rotatable bonds is 7. The number of benzene rings is 2. The second kappa shape index (κ2) is 17.8. The van der Waals surface area contributed by atoms with Crippen LogP contribution in [0.4, 0.5) is 42.1 Å². The first-order chi connectivity index (χ1) is 31.1. The lowest BCUT2D eigenvalue weighted by atomic mass is 10.1. The summed E-state index contributed by atoms with van der Waals surface area (Å²) >= 11 is 0. The average molecular weight is 900 g/mol. The minimum Gasteiger partial charge on any atom is -0.487 e. The highest BCUT2D eigenvalue weighted by atomic mass is 19.2. The van der Waals surface area contributed by atoms with Crippen molar-refractivity contribution in [3.63, 3.8) is 0 Å². The zero-order chi connectivity index (χ0) is 46.3. The molecule has 1 aliphatic carbocycles. The summed E-state index contributed by atoms with van der Waals surface area (Å²) in [6, 6.07) is 1.85. The monoisotopic (exact) mass is 899 g/mol. The van der Waals surface area contributed by atoms with E-state index in [-0.39, 0.29) is 64.8 Å². The van der Waals surface area contributed by atoms with Gasteiger partial charge in [0, 0.05) is 37.6 Å². The van der Waals surface area contributed by atoms with Gasteiger partial charge in [0.2, 0.25) is 28.6 Å². The molecule has 0 spiro atoms. The summed E-state index contributed by atoms with van der Waals surface area (Å²) in [6.45, 7) is 4.89. The Balaban J connectivity index is 0.000000148. The van der Waals surface area contributed by atoms with E-state index in [1.165, 1.54) is 48.8 Å². The highest BCUT2D eigenvalue weighted by molar-refractivity contribution is 5.97. The molecule has 1 saturated carbocycles. The Bertz CT molecular complexity index is 2950. The van der Waals surface area contributed by atoms with Gasteiger partial charge in [0.05, 0.1) is 70.1 Å². The Morgan fingerprint density at radius 2 is 1.17 bits per heavy atom. The predicted octanol–water partition coefficient (Wildman–Crippen LogP) is 5.20. The molecule has 0 amide bonds. The molecule has 4 aliphatic rings. The molecule has 6 aromatic rings. The fourth-order valence-electron chi connectivity index (χ4n) is 8.35. The number of ether oxygens (including phenoxy) is 2. The van der Waals surface area contributed by atoms with E-state index in [2.05, 4.69) is 30.6 Å². The third-order valence-electron chi connectivity index (χ3n) is 11.6. The first-order valence-electron chi connectivity index (χ1n) is 20.7. The van der Waals surface area contributed by atoms with Crippen LogP contribution in [0.1, 0.15) is 78.8 Å². The number of aromatic nitrogens is 6. The molecule has 0 radical (unpaired) electrons. The maximum absolute atomic E-state index is 15.3. The third kappa shape index (κ3) is 8.70. The number of pyridine rings is 2. The van der Waals surface area contributed by atoms with Crippen LogP contribution in [-0.2, 0) is 0 Å². The van der Waals surface area contributed by atoms with Crippen molar-refractivity contribution >= 4 is 62.7 Å². The second-order valence-electron chi connectivity index (χ2n) is 16.2. The number of carbonyl (C=O) groups is 2. The molecule has 2 aromatic carbocycles. The Morgan fingerprint density at radius 3 is 1.68 bits per heavy atom. The Hall–Kier alpha value is -7.65. The molecular formula is C43H44F3N11O8. The molecule has 7 heterocycles. The van der Waals surface area contributed by atoms with E-state index in [9.17, 15) is 33.1 Å². The van der Waals surface area contributed by atoms with Crippen LogP contribution >= 0.6 is 0 Å². The minimum atomic E-state index is -1.41. The number of aromatic carboxylic acids is 2. The van der Waals surface area contributed by atoms with Crippen LogP contribution in [0.5, 0.6) is 11.5 Å². The number of nitrogens with two attached hydrogens (primary N) is 2. The maximum atomic E-state index is 15.3. The molecule has 340 valence electrons. The Labute approximate surface area is 366 Å². The average Bonchev–Trinajstić information content (AvgIpc) is 3.97. The molecule has 22 heteroatoms. The van der Waals surface area contributed by atoms with E-state index in [0.717, 1.165) is 12.3 Å². The molecule has 19 nitrogen and oxygen atoms in total. The largest absolute Gasteiger partial charge is 0.487 e. The maximum Gasteiger partial charge on any atom is 0.341 e. The van der Waals surface area contributed by atoms with Gasteiger partial charge in [-0.3, -0.25) is 9.59 Å². The molecule has 2 fully saturated rings. The second-order valence-corrected chi connectivity index (χ2v) is 16.2. The molecule has 1 saturated heterocycles. The summed E-state index contributed by atoms with van der Waals surface area (Å²) in [6.07, 6.45) is 14.5. The van der Waals surface area contributed by atoms with Crippen LogP contribution in [0.3, 0.4) is 0 Å². The zero-order valence-electron chi connectivity index (χ0n) is 35.1. The van der Waals surface area contributed by atoms with E-state index >= 15 is 4.39 Å². The van der Waals surface area contributed by atoms with Crippen LogP contribution in [0.2, 0.25) is 0 Å². The number of halogens is 3. The third-order valence-corrected chi connectivity index (χ3v) is 11.6. The fraction of sp³-hybridized carbons (Fsp3) is 0.349. The van der Waals surface area contributed by atoms with E-state index in [0.29, 0.717) is 60.4 Å². The number of hydrogen-bond donors (Lipinski definition) is 6. The van der Waals surface area contributed by atoms with Gasteiger partial charge in [0.1, 0.15) is 30.0 Å². The van der Waals surface area contributed by atoms with E-state index in [1.807, 2.05) is 11.8 Å². The molecule has 10 rings (SSSR count). The number of nitrogens with zero attached hydrogens (tertiary/aromatic N) is 7. The first kappa shape index (κ1) is 44.0. The van der Waals surface area contributed by atoms with Crippen molar-refractivity contribution in [3.05, 3.63) is 98.3 Å². The molecule has 65 heavy (non-hydrogen) atoms. The van der Waals surface area contributed by atoms with Crippen LogP contribution in [-0.4, -0.2) is 89.6 Å². The van der Waals surface area contributed by atoms with Crippen molar-refractivity contribution in [2.24, 2.45) is 0 Å². The van der Waals surface area contributed by atoms with Crippen molar-refractivity contribution in [2.45, 2.75) is 70.1 Å². The molecular weight excluding hydrogens is 856 g/mol.